The molecule has 0 fully saturated rings. The molecular weight excluding hydrogens is 390 g/mol. The fourth-order valence-electron chi connectivity index (χ4n) is 2.76. The summed E-state index contributed by atoms with van der Waals surface area (Å²) in [5, 5.41) is 4.41. The second-order valence-corrected chi connectivity index (χ2v) is 6.81. The zero-order valence-corrected chi connectivity index (χ0v) is 17.6. The Morgan fingerprint density at radius 2 is 1.62 bits per heavy atom. The summed E-state index contributed by atoms with van der Waals surface area (Å²) in [5.41, 5.74) is 1.18. The van der Waals surface area contributed by atoms with Gasteiger partial charge in [-0.2, -0.15) is 0 Å². The molecule has 3 rings (SSSR count). The maximum absolute atomic E-state index is 5.69. The molecule has 0 spiro atoms. The summed E-state index contributed by atoms with van der Waals surface area (Å²) in [7, 11) is 3.62. The highest BCUT2D eigenvalue weighted by Gasteiger charge is 2.09. The van der Waals surface area contributed by atoms with Gasteiger partial charge in [0.15, 0.2) is 6.61 Å². The van der Waals surface area contributed by atoms with Crippen LogP contribution in [0.5, 0.6) is 17.2 Å². The van der Waals surface area contributed by atoms with Crippen LogP contribution in [0.25, 0.3) is 0 Å². The van der Waals surface area contributed by atoms with Crippen LogP contribution in [-0.4, -0.2) is 35.4 Å². The molecule has 2 aromatic carbocycles. The molecule has 0 saturated carbocycles. The highest BCUT2D eigenvalue weighted by Crippen LogP contribution is 2.18. The van der Waals surface area contributed by atoms with Gasteiger partial charge in [0.2, 0.25) is 0 Å². The summed E-state index contributed by atoms with van der Waals surface area (Å²) in [4.78, 5) is 2.42. The van der Waals surface area contributed by atoms with Gasteiger partial charge >= 0.3 is 0 Å². The van der Waals surface area contributed by atoms with Crippen molar-refractivity contribution >= 4 is 12.2 Å². The zero-order valence-electron chi connectivity index (χ0n) is 16.8. The Bertz CT molecular complexity index is 951. The van der Waals surface area contributed by atoms with E-state index in [0.29, 0.717) is 29.8 Å². The van der Waals surface area contributed by atoms with E-state index in [1.165, 1.54) is 5.56 Å². The third-order valence-corrected chi connectivity index (χ3v) is 4.43. The van der Waals surface area contributed by atoms with Crippen LogP contribution in [0.3, 0.4) is 0 Å². The van der Waals surface area contributed by atoms with Gasteiger partial charge in [-0.3, -0.25) is 4.90 Å². The molecule has 0 radical (unpaired) electrons. The largest absolute Gasteiger partial charge is 0.497 e. The Hall–Kier alpha value is -2.84. The highest BCUT2D eigenvalue weighted by atomic mass is 32.1. The minimum absolute atomic E-state index is 0.200. The number of aromatic nitrogens is 2. The van der Waals surface area contributed by atoms with Crippen LogP contribution in [0.4, 0.5) is 0 Å². The molecule has 0 aliphatic heterocycles. The topological polar surface area (TPSA) is 61.9 Å². The second-order valence-electron chi connectivity index (χ2n) is 6.46. The first-order valence-electron chi connectivity index (χ1n) is 9.31. The minimum Gasteiger partial charge on any atom is -0.497 e. The minimum atomic E-state index is 0.200. The van der Waals surface area contributed by atoms with Crippen molar-refractivity contribution < 1.29 is 18.6 Å². The van der Waals surface area contributed by atoms with Crippen LogP contribution in [0.2, 0.25) is 0 Å². The second kappa shape index (κ2) is 10.1. The Morgan fingerprint density at radius 3 is 2.28 bits per heavy atom. The molecule has 0 atom stereocenters. The molecule has 8 heteroatoms. The number of hydrogen-bond donors (Lipinski definition) is 0. The molecule has 0 aliphatic rings. The molecule has 29 heavy (non-hydrogen) atoms. The predicted octanol–water partition coefficient (Wildman–Crippen LogP) is 4.28. The van der Waals surface area contributed by atoms with Crippen molar-refractivity contribution in [1.29, 1.82) is 0 Å². The van der Waals surface area contributed by atoms with E-state index in [-0.39, 0.29) is 6.61 Å². The summed E-state index contributed by atoms with van der Waals surface area (Å²) in [6.45, 7) is 4.09. The van der Waals surface area contributed by atoms with Crippen LogP contribution >= 0.6 is 12.2 Å². The summed E-state index contributed by atoms with van der Waals surface area (Å²) in [5.74, 6) is 2.78. The molecule has 0 amide bonds. The van der Waals surface area contributed by atoms with E-state index in [9.17, 15) is 0 Å². The van der Waals surface area contributed by atoms with Crippen molar-refractivity contribution in [2.24, 2.45) is 0 Å². The average molecular weight is 416 g/mol. The first kappa shape index (κ1) is 20.9. The molecule has 1 aromatic heterocycles. The number of methoxy groups -OCH3 is 1. The monoisotopic (exact) mass is 415 g/mol. The van der Waals surface area contributed by atoms with Gasteiger partial charge in [-0.05, 0) is 68.2 Å². The molecule has 0 bridgehead atoms. The smallest absolute Gasteiger partial charge is 0.288 e. The van der Waals surface area contributed by atoms with Crippen LogP contribution in [0.1, 0.15) is 18.4 Å². The lowest BCUT2D eigenvalue weighted by Crippen LogP contribution is -2.22. The molecule has 154 valence electrons. The third-order valence-electron chi connectivity index (χ3n) is 4.13. The summed E-state index contributed by atoms with van der Waals surface area (Å²) >= 11 is 5.28. The van der Waals surface area contributed by atoms with E-state index < -0.39 is 0 Å². The molecule has 0 N–H and O–H groups in total. The van der Waals surface area contributed by atoms with Gasteiger partial charge in [-0.25, -0.2) is 4.68 Å². The van der Waals surface area contributed by atoms with Gasteiger partial charge in [-0.1, -0.05) is 12.1 Å². The van der Waals surface area contributed by atoms with Crippen molar-refractivity contribution in [3.8, 4) is 17.2 Å². The molecule has 7 nitrogen and oxygen atoms in total. The van der Waals surface area contributed by atoms with E-state index in [0.717, 1.165) is 18.0 Å². The van der Waals surface area contributed by atoms with Gasteiger partial charge in [0.1, 0.15) is 17.2 Å². The number of benzene rings is 2. The summed E-state index contributed by atoms with van der Waals surface area (Å²) in [6.07, 6.45) is 0. The molecule has 0 saturated heterocycles. The standard InChI is InChI=1S/C21H25N3O4S/c1-4-26-18-7-5-16(6-8-18)13-23(2)15-24-21(29)28-20(22-24)14-27-19-11-9-17(25-3)10-12-19/h5-12H,4,13-15H2,1-3H3. The first-order valence-corrected chi connectivity index (χ1v) is 9.72. The van der Waals surface area contributed by atoms with Crippen molar-refractivity contribution in [3.05, 3.63) is 64.8 Å². The van der Waals surface area contributed by atoms with Crippen LogP contribution < -0.4 is 14.2 Å². The number of nitrogens with zero attached hydrogens (tertiary/aromatic N) is 3. The normalized spacial score (nSPS) is 10.9. The third kappa shape index (κ3) is 6.07. The van der Waals surface area contributed by atoms with Crippen molar-refractivity contribution in [1.82, 2.24) is 14.7 Å². The summed E-state index contributed by atoms with van der Waals surface area (Å²) < 4.78 is 23.5. The van der Waals surface area contributed by atoms with E-state index in [1.807, 2.05) is 50.4 Å². The number of ether oxygens (including phenoxy) is 3. The van der Waals surface area contributed by atoms with Gasteiger partial charge in [0.25, 0.3) is 10.7 Å². The lowest BCUT2D eigenvalue weighted by molar-refractivity contribution is 0.240. The van der Waals surface area contributed by atoms with Crippen LogP contribution in [0, 0.1) is 4.84 Å². The van der Waals surface area contributed by atoms with E-state index in [4.69, 9.17) is 30.8 Å². The number of hydrogen-bond acceptors (Lipinski definition) is 7. The quantitative estimate of drug-likeness (QED) is 0.458. The Labute approximate surface area is 175 Å². The first-order chi connectivity index (χ1) is 14.1. The maximum atomic E-state index is 5.69. The zero-order chi connectivity index (χ0) is 20.6. The van der Waals surface area contributed by atoms with Gasteiger partial charge in [0.05, 0.1) is 20.4 Å². The lowest BCUT2D eigenvalue weighted by atomic mass is 10.2. The summed E-state index contributed by atoms with van der Waals surface area (Å²) in [6, 6.07) is 15.4. The molecular formula is C21H25N3O4S. The van der Waals surface area contributed by atoms with Crippen LogP contribution in [-0.2, 0) is 19.8 Å². The Kier molecular flexibility index (Phi) is 7.26. The SMILES string of the molecule is CCOc1ccc(CN(C)Cn2nc(COc3ccc(OC)cc3)oc2=S)cc1. The van der Waals surface area contributed by atoms with E-state index in [1.54, 1.807) is 11.8 Å². The average Bonchev–Trinajstić information content (AvgIpc) is 3.07. The number of rotatable bonds is 10. The van der Waals surface area contributed by atoms with Crippen molar-refractivity contribution in [2.45, 2.75) is 26.7 Å². The van der Waals surface area contributed by atoms with Crippen molar-refractivity contribution in [2.75, 3.05) is 20.8 Å². The van der Waals surface area contributed by atoms with Gasteiger partial charge < -0.3 is 18.6 Å². The van der Waals surface area contributed by atoms with E-state index in [2.05, 4.69) is 22.1 Å². The lowest BCUT2D eigenvalue weighted by Gasteiger charge is -2.16. The maximum Gasteiger partial charge on any atom is 0.288 e. The predicted molar refractivity (Wildman–Crippen MR) is 112 cm³/mol. The Balaban J connectivity index is 1.54. The fourth-order valence-corrected chi connectivity index (χ4v) is 2.96. The van der Waals surface area contributed by atoms with Gasteiger partial charge in [-0.15, -0.1) is 5.10 Å². The molecule has 0 aliphatic carbocycles. The van der Waals surface area contributed by atoms with E-state index >= 15 is 0 Å². The van der Waals surface area contributed by atoms with Crippen molar-refractivity contribution in [3.63, 3.8) is 0 Å². The highest BCUT2D eigenvalue weighted by molar-refractivity contribution is 7.71. The fraction of sp³-hybridized carbons (Fsp3) is 0.333. The molecule has 1 heterocycles. The van der Waals surface area contributed by atoms with Crippen LogP contribution in [0.15, 0.2) is 52.9 Å². The molecule has 0 unspecified atom stereocenters. The molecule has 3 aromatic rings. The Morgan fingerprint density at radius 1 is 1.00 bits per heavy atom. The van der Waals surface area contributed by atoms with Gasteiger partial charge in [0, 0.05) is 6.54 Å².